The molecule has 0 N–H and O–H groups in total. The highest BCUT2D eigenvalue weighted by atomic mass is 16.5. The largest absolute Gasteiger partial charge is 0.462 e. The molecule has 0 spiro atoms. The molecule has 1 fully saturated rings. The zero-order valence-electron chi connectivity index (χ0n) is 17.8. The SMILES string of the molecule is CCOC(=O)c1ccc(N2CCN(c3cc(-c4ccccc4)nc4ncnn34)CC2)nc1. The van der Waals surface area contributed by atoms with Crippen LogP contribution in [-0.2, 0) is 4.74 Å². The number of esters is 1. The van der Waals surface area contributed by atoms with Gasteiger partial charge in [0.2, 0.25) is 0 Å². The molecule has 162 valence electrons. The summed E-state index contributed by atoms with van der Waals surface area (Å²) in [7, 11) is 0. The van der Waals surface area contributed by atoms with Crippen molar-refractivity contribution in [3.63, 3.8) is 0 Å². The van der Waals surface area contributed by atoms with Crippen LogP contribution < -0.4 is 9.80 Å². The number of rotatable bonds is 5. The maximum atomic E-state index is 11.8. The Morgan fingerprint density at radius 3 is 2.50 bits per heavy atom. The molecular formula is C23H23N7O2. The van der Waals surface area contributed by atoms with Gasteiger partial charge in [-0.25, -0.2) is 14.8 Å². The topological polar surface area (TPSA) is 88.8 Å². The lowest BCUT2D eigenvalue weighted by Crippen LogP contribution is -2.47. The maximum Gasteiger partial charge on any atom is 0.339 e. The normalized spacial score (nSPS) is 14.0. The molecule has 1 aliphatic rings. The van der Waals surface area contributed by atoms with Gasteiger partial charge in [-0.15, -0.1) is 0 Å². The van der Waals surface area contributed by atoms with Crippen molar-refractivity contribution < 1.29 is 9.53 Å². The summed E-state index contributed by atoms with van der Waals surface area (Å²) in [6, 6.07) is 15.8. The Bertz CT molecular complexity index is 1220. The number of carbonyl (C=O) groups is 1. The third-order valence-electron chi connectivity index (χ3n) is 5.49. The lowest BCUT2D eigenvalue weighted by atomic mass is 10.1. The molecular weight excluding hydrogens is 406 g/mol. The second-order valence-corrected chi connectivity index (χ2v) is 7.44. The lowest BCUT2D eigenvalue weighted by molar-refractivity contribution is 0.0526. The van der Waals surface area contributed by atoms with E-state index in [1.54, 1.807) is 23.7 Å². The van der Waals surface area contributed by atoms with Gasteiger partial charge in [0, 0.05) is 44.0 Å². The van der Waals surface area contributed by atoms with Crippen LogP contribution in [0.4, 0.5) is 11.6 Å². The van der Waals surface area contributed by atoms with Crippen LogP contribution in [0.1, 0.15) is 17.3 Å². The zero-order valence-corrected chi connectivity index (χ0v) is 17.8. The van der Waals surface area contributed by atoms with Gasteiger partial charge in [-0.2, -0.15) is 14.6 Å². The summed E-state index contributed by atoms with van der Waals surface area (Å²) in [5.41, 5.74) is 2.39. The molecule has 3 aromatic heterocycles. The number of fused-ring (bicyclic) bond motifs is 1. The summed E-state index contributed by atoms with van der Waals surface area (Å²) in [5, 5.41) is 4.38. The highest BCUT2D eigenvalue weighted by Crippen LogP contribution is 2.25. The molecule has 4 aromatic rings. The van der Waals surface area contributed by atoms with Crippen molar-refractivity contribution in [1.82, 2.24) is 24.6 Å². The van der Waals surface area contributed by atoms with Crippen molar-refractivity contribution >= 4 is 23.4 Å². The third-order valence-corrected chi connectivity index (χ3v) is 5.49. The number of hydrogen-bond donors (Lipinski definition) is 0. The van der Waals surface area contributed by atoms with Crippen LogP contribution in [-0.4, -0.2) is 63.3 Å². The molecule has 0 saturated carbocycles. The van der Waals surface area contributed by atoms with Gasteiger partial charge in [-0.3, -0.25) is 0 Å². The van der Waals surface area contributed by atoms with Gasteiger partial charge < -0.3 is 14.5 Å². The molecule has 0 bridgehead atoms. The van der Waals surface area contributed by atoms with Gasteiger partial charge >= 0.3 is 5.97 Å². The van der Waals surface area contributed by atoms with E-state index in [1.807, 2.05) is 36.4 Å². The standard InChI is InChI=1S/C23H23N7O2/c1-2-32-22(31)18-8-9-20(24-15-18)28-10-12-29(13-11-28)21-14-19(17-6-4-3-5-7-17)27-23-25-16-26-30(21)23/h3-9,14-16H,2,10-13H2,1H3. The minimum atomic E-state index is -0.347. The fraction of sp³-hybridized carbons (Fsp3) is 0.261. The van der Waals surface area contributed by atoms with E-state index in [0.29, 0.717) is 17.9 Å². The first-order chi connectivity index (χ1) is 15.7. The van der Waals surface area contributed by atoms with Crippen molar-refractivity contribution in [1.29, 1.82) is 0 Å². The molecule has 0 unspecified atom stereocenters. The predicted octanol–water partition coefficient (Wildman–Crippen LogP) is 2.69. The first kappa shape index (κ1) is 19.9. The van der Waals surface area contributed by atoms with E-state index in [2.05, 4.69) is 35.9 Å². The Kier molecular flexibility index (Phi) is 5.37. The molecule has 1 aromatic carbocycles. The Hall–Kier alpha value is -4.01. The molecule has 0 radical (unpaired) electrons. The van der Waals surface area contributed by atoms with Crippen LogP contribution in [0.3, 0.4) is 0 Å². The Balaban J connectivity index is 1.34. The number of benzene rings is 1. The number of pyridine rings is 1. The first-order valence-corrected chi connectivity index (χ1v) is 10.6. The van der Waals surface area contributed by atoms with Gasteiger partial charge in [0.05, 0.1) is 17.9 Å². The van der Waals surface area contributed by atoms with Crippen LogP contribution in [0.5, 0.6) is 0 Å². The van der Waals surface area contributed by atoms with Crippen LogP contribution in [0.2, 0.25) is 0 Å². The van der Waals surface area contributed by atoms with E-state index in [1.165, 1.54) is 6.33 Å². The van der Waals surface area contributed by atoms with Crippen LogP contribution in [0.25, 0.3) is 17.0 Å². The number of piperazine rings is 1. The highest BCUT2D eigenvalue weighted by Gasteiger charge is 2.22. The molecule has 1 aliphatic heterocycles. The summed E-state index contributed by atoms with van der Waals surface area (Å²) in [5.74, 6) is 2.06. The lowest BCUT2D eigenvalue weighted by Gasteiger charge is -2.36. The average Bonchev–Trinajstić information content (AvgIpc) is 3.33. The molecule has 9 nitrogen and oxygen atoms in total. The minimum Gasteiger partial charge on any atom is -0.462 e. The fourth-order valence-corrected chi connectivity index (χ4v) is 3.85. The number of anilines is 2. The van der Waals surface area contributed by atoms with Gasteiger partial charge in [0.15, 0.2) is 0 Å². The van der Waals surface area contributed by atoms with E-state index < -0.39 is 0 Å². The molecule has 9 heteroatoms. The van der Waals surface area contributed by atoms with E-state index in [9.17, 15) is 4.79 Å². The molecule has 1 saturated heterocycles. The predicted molar refractivity (Wildman–Crippen MR) is 121 cm³/mol. The quantitative estimate of drug-likeness (QED) is 0.448. The third kappa shape index (κ3) is 3.84. The minimum absolute atomic E-state index is 0.347. The van der Waals surface area contributed by atoms with Gasteiger partial charge in [-0.1, -0.05) is 30.3 Å². The molecule has 0 atom stereocenters. The van der Waals surface area contributed by atoms with Crippen molar-refractivity contribution in [2.24, 2.45) is 0 Å². The Labute approximate surface area is 185 Å². The van der Waals surface area contributed by atoms with Crippen molar-refractivity contribution in [2.45, 2.75) is 6.92 Å². The van der Waals surface area contributed by atoms with Crippen molar-refractivity contribution in [3.05, 3.63) is 66.6 Å². The van der Waals surface area contributed by atoms with Gasteiger partial charge in [0.1, 0.15) is 18.0 Å². The maximum absolute atomic E-state index is 11.8. The summed E-state index contributed by atoms with van der Waals surface area (Å²) < 4.78 is 6.81. The summed E-state index contributed by atoms with van der Waals surface area (Å²) >= 11 is 0. The zero-order chi connectivity index (χ0) is 21.9. The smallest absolute Gasteiger partial charge is 0.339 e. The number of nitrogens with zero attached hydrogens (tertiary/aromatic N) is 7. The van der Waals surface area contributed by atoms with Crippen LogP contribution in [0, 0.1) is 0 Å². The van der Waals surface area contributed by atoms with E-state index in [-0.39, 0.29) is 5.97 Å². The van der Waals surface area contributed by atoms with Gasteiger partial charge in [-0.05, 0) is 19.1 Å². The van der Waals surface area contributed by atoms with E-state index in [4.69, 9.17) is 4.74 Å². The van der Waals surface area contributed by atoms with Crippen molar-refractivity contribution in [2.75, 3.05) is 42.6 Å². The monoisotopic (exact) mass is 429 g/mol. The molecule has 0 amide bonds. The second kappa shape index (κ2) is 8.62. The number of ether oxygens (including phenoxy) is 1. The summed E-state index contributed by atoms with van der Waals surface area (Å²) in [4.78, 5) is 29.8. The number of hydrogen-bond acceptors (Lipinski definition) is 8. The molecule has 32 heavy (non-hydrogen) atoms. The summed E-state index contributed by atoms with van der Waals surface area (Å²) in [6.07, 6.45) is 3.11. The molecule has 5 rings (SSSR count). The first-order valence-electron chi connectivity index (χ1n) is 10.6. The molecule has 4 heterocycles. The summed E-state index contributed by atoms with van der Waals surface area (Å²) in [6.45, 7) is 5.33. The van der Waals surface area contributed by atoms with Gasteiger partial charge in [0.25, 0.3) is 5.78 Å². The number of aromatic nitrogens is 5. The average molecular weight is 429 g/mol. The van der Waals surface area contributed by atoms with Crippen LogP contribution in [0.15, 0.2) is 61.1 Å². The Morgan fingerprint density at radius 2 is 1.78 bits per heavy atom. The molecule has 0 aliphatic carbocycles. The van der Waals surface area contributed by atoms with E-state index in [0.717, 1.165) is 49.1 Å². The second-order valence-electron chi connectivity index (χ2n) is 7.44. The Morgan fingerprint density at radius 1 is 1.00 bits per heavy atom. The van der Waals surface area contributed by atoms with Crippen LogP contribution >= 0.6 is 0 Å². The fourth-order valence-electron chi connectivity index (χ4n) is 3.85. The van der Waals surface area contributed by atoms with Crippen molar-refractivity contribution in [3.8, 4) is 11.3 Å². The number of carbonyl (C=O) groups excluding carboxylic acids is 1. The highest BCUT2D eigenvalue weighted by molar-refractivity contribution is 5.89. The van der Waals surface area contributed by atoms with E-state index >= 15 is 0 Å².